The normalized spacial score (nSPS) is 9.76. The van der Waals surface area contributed by atoms with Crippen molar-refractivity contribution in [2.45, 2.75) is 13.8 Å². The van der Waals surface area contributed by atoms with Gasteiger partial charge in [-0.3, -0.25) is 5.43 Å². The summed E-state index contributed by atoms with van der Waals surface area (Å²) in [6.45, 7) is 3.75. The molecule has 2 rings (SSSR count). The highest BCUT2D eigenvalue weighted by atomic mass is 35.5. The van der Waals surface area contributed by atoms with E-state index < -0.39 is 0 Å². The Balaban J connectivity index is 0.00000220. The van der Waals surface area contributed by atoms with E-state index in [4.69, 9.17) is 21.1 Å². The molecule has 1 aromatic heterocycles. The van der Waals surface area contributed by atoms with Crippen molar-refractivity contribution in [3.8, 4) is 11.5 Å². The first kappa shape index (κ1) is 17.3. The van der Waals surface area contributed by atoms with Crippen LogP contribution in [0.2, 0.25) is 5.28 Å². The average Bonchev–Trinajstić information content (AvgIpc) is 2.42. The molecule has 0 bridgehead atoms. The van der Waals surface area contributed by atoms with E-state index in [1.165, 1.54) is 0 Å². The molecule has 0 aliphatic carbocycles. The number of nitrogens with zero attached hydrogens (tertiary/aromatic N) is 3. The van der Waals surface area contributed by atoms with Gasteiger partial charge in [-0.15, -0.1) is 12.4 Å². The number of hydrogen-bond acceptors (Lipinski definition) is 6. The molecule has 0 radical (unpaired) electrons. The highest BCUT2D eigenvalue weighted by Crippen LogP contribution is 2.34. The molecule has 0 saturated heterocycles. The van der Waals surface area contributed by atoms with Gasteiger partial charge in [0.1, 0.15) is 0 Å². The number of methoxy groups -OCH3 is 2. The molecule has 0 saturated carbocycles. The fraction of sp³-hybridized carbons (Fsp3) is 0.308. The van der Waals surface area contributed by atoms with Crippen molar-refractivity contribution in [2.75, 3.05) is 19.6 Å². The lowest BCUT2D eigenvalue weighted by atomic mass is 10.2. The lowest BCUT2D eigenvalue weighted by Gasteiger charge is -2.11. The molecule has 1 aromatic carbocycles. The number of rotatable bonds is 4. The van der Waals surface area contributed by atoms with Crippen molar-refractivity contribution in [3.63, 3.8) is 0 Å². The zero-order valence-corrected chi connectivity index (χ0v) is 13.7. The predicted octanol–water partition coefficient (Wildman–Crippen LogP) is 3.53. The van der Waals surface area contributed by atoms with Crippen LogP contribution in [-0.2, 0) is 0 Å². The van der Waals surface area contributed by atoms with Crippen LogP contribution in [0.4, 0.5) is 5.82 Å². The number of nitrogens with one attached hydrogen (secondary N) is 1. The third-order valence-corrected chi connectivity index (χ3v) is 2.73. The predicted molar refractivity (Wildman–Crippen MR) is 87.3 cm³/mol. The van der Waals surface area contributed by atoms with E-state index in [-0.39, 0.29) is 17.7 Å². The number of anilines is 1. The highest BCUT2D eigenvalue weighted by molar-refractivity contribution is 6.28. The van der Waals surface area contributed by atoms with Gasteiger partial charge in [-0.2, -0.15) is 10.1 Å². The molecule has 6 nitrogen and oxygen atoms in total. The number of hydrazone groups is 1. The highest BCUT2D eigenvalue weighted by Gasteiger charge is 2.12. The Bertz CT molecular complexity index is 673. The molecule has 0 atom stereocenters. The Hall–Kier alpha value is -1.79. The van der Waals surface area contributed by atoms with Gasteiger partial charge in [-0.1, -0.05) is 0 Å². The van der Waals surface area contributed by atoms with Gasteiger partial charge in [-0.05, 0) is 31.5 Å². The molecule has 0 amide bonds. The van der Waals surface area contributed by atoms with Gasteiger partial charge in [0.05, 0.1) is 19.7 Å². The molecule has 0 aliphatic rings. The zero-order valence-electron chi connectivity index (χ0n) is 12.1. The molecule has 8 heteroatoms. The van der Waals surface area contributed by atoms with Crippen LogP contribution in [-0.4, -0.2) is 29.9 Å². The summed E-state index contributed by atoms with van der Waals surface area (Å²) < 4.78 is 10.5. The van der Waals surface area contributed by atoms with Crippen molar-refractivity contribution in [1.29, 1.82) is 0 Å². The van der Waals surface area contributed by atoms with Crippen molar-refractivity contribution < 1.29 is 9.47 Å². The molecule has 0 aliphatic heterocycles. The third-order valence-electron chi connectivity index (χ3n) is 2.56. The van der Waals surface area contributed by atoms with E-state index in [9.17, 15) is 0 Å². The van der Waals surface area contributed by atoms with E-state index >= 15 is 0 Å². The molecular formula is C13H16Cl2N4O2. The zero-order chi connectivity index (χ0) is 14.7. The van der Waals surface area contributed by atoms with Crippen molar-refractivity contribution in [1.82, 2.24) is 9.97 Å². The summed E-state index contributed by atoms with van der Waals surface area (Å²) in [6, 6.07) is 3.53. The Kier molecular flexibility index (Phi) is 5.99. The maximum Gasteiger partial charge on any atom is 0.224 e. The number of fused-ring (bicyclic) bond motifs is 1. The summed E-state index contributed by atoms with van der Waals surface area (Å²) in [4.78, 5) is 8.32. The first-order valence-corrected chi connectivity index (χ1v) is 6.29. The van der Waals surface area contributed by atoms with Gasteiger partial charge in [0, 0.05) is 17.2 Å². The molecular weight excluding hydrogens is 315 g/mol. The third kappa shape index (κ3) is 3.86. The quantitative estimate of drug-likeness (QED) is 0.527. The number of benzene rings is 1. The Morgan fingerprint density at radius 2 is 1.76 bits per heavy atom. The molecule has 0 fully saturated rings. The molecule has 21 heavy (non-hydrogen) atoms. The van der Waals surface area contributed by atoms with Crippen LogP contribution in [0.3, 0.4) is 0 Å². The monoisotopic (exact) mass is 330 g/mol. The van der Waals surface area contributed by atoms with Gasteiger partial charge < -0.3 is 9.47 Å². The largest absolute Gasteiger partial charge is 0.493 e. The topological polar surface area (TPSA) is 68.6 Å². The second-order valence-electron chi connectivity index (χ2n) is 4.24. The Labute approximate surface area is 133 Å². The van der Waals surface area contributed by atoms with Crippen molar-refractivity contribution in [3.05, 3.63) is 17.4 Å². The van der Waals surface area contributed by atoms with E-state index in [1.807, 2.05) is 13.8 Å². The van der Waals surface area contributed by atoms with Gasteiger partial charge in [0.15, 0.2) is 17.3 Å². The van der Waals surface area contributed by atoms with Crippen LogP contribution in [0.25, 0.3) is 10.9 Å². The minimum absolute atomic E-state index is 0. The van der Waals surface area contributed by atoms with Crippen molar-refractivity contribution >= 4 is 46.4 Å². The van der Waals surface area contributed by atoms with E-state index in [1.54, 1.807) is 26.4 Å². The van der Waals surface area contributed by atoms with Crippen LogP contribution in [0.1, 0.15) is 13.8 Å². The summed E-state index contributed by atoms with van der Waals surface area (Å²) in [7, 11) is 3.14. The fourth-order valence-corrected chi connectivity index (χ4v) is 1.85. The summed E-state index contributed by atoms with van der Waals surface area (Å²) in [6.07, 6.45) is 0. The van der Waals surface area contributed by atoms with Gasteiger partial charge >= 0.3 is 0 Å². The van der Waals surface area contributed by atoms with E-state index in [0.717, 1.165) is 11.1 Å². The molecule has 2 aromatic rings. The van der Waals surface area contributed by atoms with Gasteiger partial charge in [0.2, 0.25) is 5.28 Å². The maximum atomic E-state index is 5.93. The fourth-order valence-electron chi connectivity index (χ4n) is 1.68. The van der Waals surface area contributed by atoms with E-state index in [0.29, 0.717) is 22.8 Å². The van der Waals surface area contributed by atoms with Gasteiger partial charge in [-0.25, -0.2) is 4.98 Å². The van der Waals surface area contributed by atoms with E-state index in [2.05, 4.69) is 20.5 Å². The summed E-state index contributed by atoms with van der Waals surface area (Å²) in [5.74, 6) is 1.68. The molecule has 0 spiro atoms. The molecule has 1 N–H and O–H groups in total. The lowest BCUT2D eigenvalue weighted by Crippen LogP contribution is -2.00. The summed E-state index contributed by atoms with van der Waals surface area (Å²) in [5, 5.41) is 5.01. The first-order valence-electron chi connectivity index (χ1n) is 5.91. The Morgan fingerprint density at radius 1 is 1.14 bits per heavy atom. The maximum absolute atomic E-state index is 5.93. The average molecular weight is 331 g/mol. The first-order chi connectivity index (χ1) is 9.55. The summed E-state index contributed by atoms with van der Waals surface area (Å²) >= 11 is 5.93. The van der Waals surface area contributed by atoms with Crippen LogP contribution in [0, 0.1) is 0 Å². The minimum atomic E-state index is 0. The SMILES string of the molecule is COc1cc2nc(Cl)nc(NN=C(C)C)c2cc1OC.Cl. The molecule has 114 valence electrons. The van der Waals surface area contributed by atoms with Crippen LogP contribution in [0.5, 0.6) is 11.5 Å². The smallest absolute Gasteiger partial charge is 0.224 e. The number of hydrogen-bond donors (Lipinski definition) is 1. The standard InChI is InChI=1S/C13H15ClN4O2.ClH/c1-7(2)17-18-12-8-5-10(19-3)11(20-4)6-9(8)15-13(14)16-12;/h5-6H,1-4H3,(H,15,16,18);1H. The number of ether oxygens (including phenoxy) is 2. The number of aromatic nitrogens is 2. The second-order valence-corrected chi connectivity index (χ2v) is 4.57. The molecule has 1 heterocycles. The summed E-state index contributed by atoms with van der Waals surface area (Å²) in [5.41, 5.74) is 4.39. The lowest BCUT2D eigenvalue weighted by molar-refractivity contribution is 0.356. The second kappa shape index (κ2) is 7.28. The van der Waals surface area contributed by atoms with Crippen LogP contribution in [0.15, 0.2) is 17.2 Å². The minimum Gasteiger partial charge on any atom is -0.493 e. The van der Waals surface area contributed by atoms with Crippen LogP contribution < -0.4 is 14.9 Å². The Morgan fingerprint density at radius 3 is 2.33 bits per heavy atom. The van der Waals surface area contributed by atoms with Gasteiger partial charge in [0.25, 0.3) is 0 Å². The van der Waals surface area contributed by atoms with Crippen molar-refractivity contribution in [2.24, 2.45) is 5.10 Å². The number of halogens is 2. The van der Waals surface area contributed by atoms with Crippen LogP contribution >= 0.6 is 24.0 Å². The molecule has 0 unspecified atom stereocenters.